The van der Waals surface area contributed by atoms with Crippen molar-refractivity contribution < 1.29 is 0 Å². The van der Waals surface area contributed by atoms with Gasteiger partial charge in [0.25, 0.3) is 0 Å². The Kier molecular flexibility index (Phi) is 2.55. The minimum atomic E-state index is -0.282. The zero-order valence-corrected chi connectivity index (χ0v) is 10.6. The molecule has 0 unspecified atom stereocenters. The molecule has 3 aromatic rings. The summed E-state index contributed by atoms with van der Waals surface area (Å²) in [5, 5.41) is 9.49. The van der Waals surface area contributed by atoms with E-state index in [0.717, 1.165) is 5.82 Å². The highest BCUT2D eigenvalue weighted by atomic mass is 16.1. The summed E-state index contributed by atoms with van der Waals surface area (Å²) in [7, 11) is 1.93. The van der Waals surface area contributed by atoms with Crippen LogP contribution in [0.2, 0.25) is 0 Å². The molecule has 2 N–H and O–H groups in total. The highest BCUT2D eigenvalue weighted by molar-refractivity contribution is 5.49. The Labute approximate surface area is 108 Å². The van der Waals surface area contributed by atoms with E-state index in [1.165, 1.54) is 4.40 Å². The van der Waals surface area contributed by atoms with E-state index in [9.17, 15) is 4.79 Å². The second-order valence-corrected chi connectivity index (χ2v) is 4.22. The normalized spacial score (nSPS) is 11.1. The van der Waals surface area contributed by atoms with Crippen molar-refractivity contribution in [2.75, 3.05) is 5.32 Å². The Morgan fingerprint density at radius 1 is 1.47 bits per heavy atom. The van der Waals surface area contributed by atoms with Gasteiger partial charge in [-0.3, -0.25) is 0 Å². The summed E-state index contributed by atoms with van der Waals surface area (Å²) in [5.41, 5.74) is 0.260. The van der Waals surface area contributed by atoms with Gasteiger partial charge in [0, 0.05) is 25.5 Å². The fourth-order valence-corrected chi connectivity index (χ4v) is 1.92. The predicted octanol–water partition coefficient (Wildman–Crippen LogP) is 0.0716. The molecule has 3 rings (SSSR count). The lowest BCUT2D eigenvalue weighted by Gasteiger charge is -2.07. The van der Waals surface area contributed by atoms with Crippen LogP contribution < -0.4 is 11.0 Å². The number of aromatic nitrogens is 6. The number of fused-ring (bicyclic) bond motifs is 1. The predicted molar refractivity (Wildman–Crippen MR) is 68.9 cm³/mol. The zero-order chi connectivity index (χ0) is 13.4. The van der Waals surface area contributed by atoms with Crippen LogP contribution in [0, 0.1) is 6.92 Å². The van der Waals surface area contributed by atoms with Gasteiger partial charge in [-0.05, 0) is 6.92 Å². The quantitative estimate of drug-likeness (QED) is 0.694. The Morgan fingerprint density at radius 3 is 3.05 bits per heavy atom. The van der Waals surface area contributed by atoms with Crippen LogP contribution in [0.3, 0.4) is 0 Å². The van der Waals surface area contributed by atoms with Gasteiger partial charge in [-0.2, -0.15) is 5.10 Å². The second kappa shape index (κ2) is 4.23. The van der Waals surface area contributed by atoms with Gasteiger partial charge in [0.2, 0.25) is 0 Å². The standard InChI is InChI=1S/C11H13N7O/c1-7-14-8(5-9-15-16-11(19)18(7)9)13-6-10-12-3-4-17(10)2/h3-5,13H,6H2,1-2H3,(H,16,19). The fraction of sp³-hybridized carbons (Fsp3) is 0.273. The summed E-state index contributed by atoms with van der Waals surface area (Å²) in [6, 6.07) is 1.72. The van der Waals surface area contributed by atoms with Crippen LogP contribution >= 0.6 is 0 Å². The summed E-state index contributed by atoms with van der Waals surface area (Å²) >= 11 is 0. The highest BCUT2D eigenvalue weighted by Gasteiger charge is 2.07. The number of hydrogen-bond donors (Lipinski definition) is 2. The number of aromatic amines is 1. The molecule has 0 radical (unpaired) electrons. The van der Waals surface area contributed by atoms with E-state index >= 15 is 0 Å². The monoisotopic (exact) mass is 259 g/mol. The third-order valence-corrected chi connectivity index (χ3v) is 2.92. The number of rotatable bonds is 3. The van der Waals surface area contributed by atoms with E-state index in [1.54, 1.807) is 19.2 Å². The van der Waals surface area contributed by atoms with Gasteiger partial charge in [0.05, 0.1) is 6.54 Å². The van der Waals surface area contributed by atoms with Crippen molar-refractivity contribution in [1.82, 2.24) is 29.1 Å². The van der Waals surface area contributed by atoms with Crippen LogP contribution in [0.5, 0.6) is 0 Å². The first-order chi connectivity index (χ1) is 9.15. The summed E-state index contributed by atoms with van der Waals surface area (Å²) in [4.78, 5) is 20.0. The van der Waals surface area contributed by atoms with E-state index in [2.05, 4.69) is 25.5 Å². The van der Waals surface area contributed by atoms with Crippen molar-refractivity contribution in [3.8, 4) is 0 Å². The first kappa shape index (κ1) is 11.5. The van der Waals surface area contributed by atoms with Crippen molar-refractivity contribution >= 4 is 11.5 Å². The average molecular weight is 259 g/mol. The Morgan fingerprint density at radius 2 is 2.32 bits per heavy atom. The van der Waals surface area contributed by atoms with Crippen LogP contribution in [-0.2, 0) is 13.6 Å². The van der Waals surface area contributed by atoms with E-state index in [0.29, 0.717) is 23.8 Å². The summed E-state index contributed by atoms with van der Waals surface area (Å²) in [5.74, 6) is 2.14. The lowest BCUT2D eigenvalue weighted by atomic mass is 10.4. The first-order valence-electron chi connectivity index (χ1n) is 5.80. The highest BCUT2D eigenvalue weighted by Crippen LogP contribution is 2.09. The van der Waals surface area contributed by atoms with Gasteiger partial charge < -0.3 is 9.88 Å². The second-order valence-electron chi connectivity index (χ2n) is 4.22. The van der Waals surface area contributed by atoms with Gasteiger partial charge in [0.15, 0.2) is 5.65 Å². The minimum absolute atomic E-state index is 0.282. The smallest absolute Gasteiger partial charge is 0.349 e. The molecule has 0 aromatic carbocycles. The number of anilines is 1. The molecule has 0 saturated heterocycles. The molecule has 0 saturated carbocycles. The number of aryl methyl sites for hydroxylation is 2. The maximum atomic E-state index is 11.5. The number of H-pyrrole nitrogens is 1. The fourth-order valence-electron chi connectivity index (χ4n) is 1.92. The van der Waals surface area contributed by atoms with Crippen molar-refractivity contribution in [2.24, 2.45) is 7.05 Å². The van der Waals surface area contributed by atoms with Crippen LogP contribution in [0.25, 0.3) is 5.65 Å². The number of imidazole rings is 1. The average Bonchev–Trinajstić information content (AvgIpc) is 2.94. The van der Waals surface area contributed by atoms with Gasteiger partial charge in [0.1, 0.15) is 17.5 Å². The van der Waals surface area contributed by atoms with Crippen LogP contribution in [0.4, 0.5) is 5.82 Å². The molecule has 0 aliphatic rings. The Hall–Kier alpha value is -2.64. The summed E-state index contributed by atoms with van der Waals surface area (Å²) in [6.07, 6.45) is 3.62. The number of hydrogen-bond acceptors (Lipinski definition) is 5. The van der Waals surface area contributed by atoms with Crippen LogP contribution in [0.1, 0.15) is 11.6 Å². The minimum Gasteiger partial charge on any atom is -0.363 e. The van der Waals surface area contributed by atoms with Crippen LogP contribution in [-0.4, -0.2) is 29.1 Å². The van der Waals surface area contributed by atoms with Crippen molar-refractivity contribution in [3.05, 3.63) is 40.6 Å². The molecule has 0 fully saturated rings. The molecular formula is C11H13N7O. The van der Waals surface area contributed by atoms with E-state index < -0.39 is 0 Å². The van der Waals surface area contributed by atoms with Crippen molar-refractivity contribution in [3.63, 3.8) is 0 Å². The SMILES string of the molecule is Cc1nc(NCc2nccn2C)cc2n[nH]c(=O)n12. The summed E-state index contributed by atoms with van der Waals surface area (Å²) < 4.78 is 3.35. The molecule has 8 nitrogen and oxygen atoms in total. The Balaban J connectivity index is 1.90. The van der Waals surface area contributed by atoms with Gasteiger partial charge in [-0.25, -0.2) is 24.3 Å². The largest absolute Gasteiger partial charge is 0.363 e. The third-order valence-electron chi connectivity index (χ3n) is 2.92. The third kappa shape index (κ3) is 1.96. The maximum Gasteiger partial charge on any atom is 0.349 e. The van der Waals surface area contributed by atoms with Crippen molar-refractivity contribution in [1.29, 1.82) is 0 Å². The Bertz CT molecular complexity index is 782. The molecule has 0 aliphatic carbocycles. The molecule has 19 heavy (non-hydrogen) atoms. The van der Waals surface area contributed by atoms with Gasteiger partial charge >= 0.3 is 5.69 Å². The number of nitrogens with zero attached hydrogens (tertiary/aromatic N) is 5. The lowest BCUT2D eigenvalue weighted by Crippen LogP contribution is -2.14. The van der Waals surface area contributed by atoms with E-state index in [-0.39, 0.29) is 5.69 Å². The molecule has 98 valence electrons. The molecule has 3 aromatic heterocycles. The molecular weight excluding hydrogens is 246 g/mol. The molecule has 8 heteroatoms. The summed E-state index contributed by atoms with van der Waals surface area (Å²) in [6.45, 7) is 2.32. The molecule has 0 aliphatic heterocycles. The van der Waals surface area contributed by atoms with E-state index in [1.807, 2.05) is 17.8 Å². The van der Waals surface area contributed by atoms with Crippen molar-refractivity contribution in [2.45, 2.75) is 13.5 Å². The lowest BCUT2D eigenvalue weighted by molar-refractivity contribution is 0.809. The first-order valence-corrected chi connectivity index (χ1v) is 5.80. The van der Waals surface area contributed by atoms with Gasteiger partial charge in [-0.1, -0.05) is 0 Å². The van der Waals surface area contributed by atoms with E-state index in [4.69, 9.17) is 0 Å². The topological polar surface area (TPSA) is 92.9 Å². The molecule has 0 atom stereocenters. The maximum absolute atomic E-state index is 11.5. The molecule has 0 bridgehead atoms. The number of nitrogens with one attached hydrogen (secondary N) is 2. The zero-order valence-electron chi connectivity index (χ0n) is 10.6. The van der Waals surface area contributed by atoms with Crippen LogP contribution in [0.15, 0.2) is 23.3 Å². The molecule has 0 amide bonds. The van der Waals surface area contributed by atoms with Gasteiger partial charge in [-0.15, -0.1) is 0 Å². The molecule has 3 heterocycles. The molecule has 0 spiro atoms.